The van der Waals surface area contributed by atoms with E-state index in [1.807, 2.05) is 37.3 Å². The molecule has 1 unspecified atom stereocenters. The quantitative estimate of drug-likeness (QED) is 0.385. The van der Waals surface area contributed by atoms with Crippen molar-refractivity contribution in [1.82, 2.24) is 10.6 Å². The van der Waals surface area contributed by atoms with Crippen molar-refractivity contribution in [1.29, 1.82) is 0 Å². The smallest absolute Gasteiger partial charge is 0.191 e. The Morgan fingerprint density at radius 2 is 1.60 bits per heavy atom. The van der Waals surface area contributed by atoms with Crippen LogP contribution in [0.1, 0.15) is 18.5 Å². The Labute approximate surface area is 166 Å². The molecule has 0 radical (unpaired) electrons. The molecule has 136 valence electrons. The third kappa shape index (κ3) is 6.66. The van der Waals surface area contributed by atoms with Gasteiger partial charge in [0.25, 0.3) is 0 Å². The molecule has 0 aliphatic carbocycles. The average Bonchev–Trinajstić information content (AvgIpc) is 2.62. The van der Waals surface area contributed by atoms with Crippen LogP contribution in [0.5, 0.6) is 0 Å². The monoisotopic (exact) mass is 473 g/mol. The molecule has 2 aromatic rings. The first-order valence-corrected chi connectivity index (χ1v) is 9.48. The van der Waals surface area contributed by atoms with Gasteiger partial charge >= 0.3 is 0 Å². The molecule has 0 fully saturated rings. The maximum Gasteiger partial charge on any atom is 0.191 e. The highest BCUT2D eigenvalue weighted by atomic mass is 127. The van der Waals surface area contributed by atoms with Gasteiger partial charge in [0.05, 0.1) is 16.7 Å². The van der Waals surface area contributed by atoms with Crippen molar-refractivity contribution in [3.63, 3.8) is 0 Å². The molecule has 0 aliphatic rings. The van der Waals surface area contributed by atoms with Gasteiger partial charge in [0.1, 0.15) is 0 Å². The Balaban J connectivity index is 0.00000312. The van der Waals surface area contributed by atoms with E-state index < -0.39 is 9.84 Å². The molecule has 0 spiro atoms. The molecule has 2 rings (SSSR count). The van der Waals surface area contributed by atoms with E-state index in [4.69, 9.17) is 0 Å². The summed E-state index contributed by atoms with van der Waals surface area (Å²) in [6, 6.07) is 18.5. The highest BCUT2D eigenvalue weighted by molar-refractivity contribution is 14.0. The number of benzene rings is 2. The van der Waals surface area contributed by atoms with Crippen molar-refractivity contribution in [2.24, 2.45) is 4.99 Å². The summed E-state index contributed by atoms with van der Waals surface area (Å²) in [4.78, 5) is 4.49. The molecule has 0 bridgehead atoms. The molecule has 2 aromatic carbocycles. The molecular weight excluding hydrogens is 449 g/mol. The molecule has 1 atom stereocenters. The lowest BCUT2D eigenvalue weighted by Crippen LogP contribution is -2.40. The predicted molar refractivity (Wildman–Crippen MR) is 113 cm³/mol. The largest absolute Gasteiger partial charge is 0.355 e. The van der Waals surface area contributed by atoms with Gasteiger partial charge in [-0.05, 0) is 24.6 Å². The average molecular weight is 473 g/mol. The van der Waals surface area contributed by atoms with Crippen LogP contribution in [-0.4, -0.2) is 33.7 Å². The number of nitrogens with zero attached hydrogens (tertiary/aromatic N) is 1. The Kier molecular flexibility index (Phi) is 8.91. The fourth-order valence-electron chi connectivity index (χ4n) is 2.27. The highest BCUT2D eigenvalue weighted by Crippen LogP contribution is 2.11. The number of guanidine groups is 1. The van der Waals surface area contributed by atoms with Gasteiger partial charge in [-0.2, -0.15) is 0 Å². The minimum absolute atomic E-state index is 0. The summed E-state index contributed by atoms with van der Waals surface area (Å²) in [5.41, 5.74) is 1.14. The molecular formula is C18H24IN3O2S. The first-order chi connectivity index (χ1) is 11.5. The molecule has 0 saturated heterocycles. The van der Waals surface area contributed by atoms with Gasteiger partial charge < -0.3 is 10.6 Å². The Bertz CT molecular complexity index is 765. The number of sulfone groups is 1. The molecule has 7 heteroatoms. The van der Waals surface area contributed by atoms with E-state index in [9.17, 15) is 8.42 Å². The first kappa shape index (κ1) is 21.4. The number of rotatable bonds is 6. The van der Waals surface area contributed by atoms with Gasteiger partial charge in [-0.25, -0.2) is 8.42 Å². The van der Waals surface area contributed by atoms with Crippen molar-refractivity contribution < 1.29 is 8.42 Å². The third-order valence-electron chi connectivity index (χ3n) is 3.64. The molecule has 0 saturated carbocycles. The van der Waals surface area contributed by atoms with Gasteiger partial charge in [0.15, 0.2) is 15.8 Å². The zero-order valence-electron chi connectivity index (χ0n) is 14.3. The summed E-state index contributed by atoms with van der Waals surface area (Å²) in [7, 11) is -1.62. The highest BCUT2D eigenvalue weighted by Gasteiger charge is 2.14. The second kappa shape index (κ2) is 10.4. The lowest BCUT2D eigenvalue weighted by Gasteiger charge is -2.18. The van der Waals surface area contributed by atoms with Gasteiger partial charge in [0.2, 0.25) is 0 Å². The first-order valence-electron chi connectivity index (χ1n) is 7.83. The Hall–Kier alpha value is -1.61. The molecule has 0 amide bonds. The third-order valence-corrected chi connectivity index (χ3v) is 5.37. The number of hydrogen-bond donors (Lipinski definition) is 2. The van der Waals surface area contributed by atoms with E-state index in [2.05, 4.69) is 15.6 Å². The minimum atomic E-state index is -3.29. The van der Waals surface area contributed by atoms with Crippen molar-refractivity contribution in [2.45, 2.75) is 17.9 Å². The van der Waals surface area contributed by atoms with Crippen molar-refractivity contribution in [3.05, 3.63) is 66.2 Å². The van der Waals surface area contributed by atoms with Crippen LogP contribution in [0.25, 0.3) is 0 Å². The van der Waals surface area contributed by atoms with Crippen LogP contribution in [0.3, 0.4) is 0 Å². The molecule has 5 nitrogen and oxygen atoms in total. The molecule has 0 aliphatic heterocycles. The van der Waals surface area contributed by atoms with Crippen LogP contribution in [0.2, 0.25) is 0 Å². The standard InChI is InChI=1S/C18H23N3O2S.HI/c1-15(16-9-5-3-6-10-16)21-18(19-2)20-13-14-24(22,23)17-11-7-4-8-12-17;/h3-12,15H,13-14H2,1-2H3,(H2,19,20,21);1H. The summed E-state index contributed by atoms with van der Waals surface area (Å²) >= 11 is 0. The number of aliphatic imine (C=N–C) groups is 1. The number of hydrogen-bond acceptors (Lipinski definition) is 3. The summed E-state index contributed by atoms with van der Waals surface area (Å²) in [6.07, 6.45) is 0. The maximum absolute atomic E-state index is 12.2. The lowest BCUT2D eigenvalue weighted by molar-refractivity contribution is 0.594. The fraction of sp³-hybridized carbons (Fsp3) is 0.278. The van der Waals surface area contributed by atoms with Crippen molar-refractivity contribution in [2.75, 3.05) is 19.3 Å². The molecule has 0 heterocycles. The van der Waals surface area contributed by atoms with Crippen LogP contribution in [0.4, 0.5) is 0 Å². The van der Waals surface area contributed by atoms with E-state index in [0.29, 0.717) is 17.4 Å². The molecule has 2 N–H and O–H groups in total. The van der Waals surface area contributed by atoms with E-state index in [1.165, 1.54) is 0 Å². The molecule has 0 aromatic heterocycles. The van der Waals surface area contributed by atoms with Crippen molar-refractivity contribution in [3.8, 4) is 0 Å². The fourth-order valence-corrected chi connectivity index (χ4v) is 3.45. The minimum Gasteiger partial charge on any atom is -0.355 e. The van der Waals surface area contributed by atoms with E-state index >= 15 is 0 Å². The zero-order valence-corrected chi connectivity index (χ0v) is 17.5. The number of nitrogens with one attached hydrogen (secondary N) is 2. The van der Waals surface area contributed by atoms with E-state index in [-0.39, 0.29) is 35.8 Å². The van der Waals surface area contributed by atoms with Gasteiger partial charge in [0, 0.05) is 13.6 Å². The van der Waals surface area contributed by atoms with Crippen molar-refractivity contribution >= 4 is 39.8 Å². The molecule has 25 heavy (non-hydrogen) atoms. The summed E-state index contributed by atoms with van der Waals surface area (Å²) in [6.45, 7) is 2.32. The van der Waals surface area contributed by atoms with Gasteiger partial charge in [-0.15, -0.1) is 24.0 Å². The summed E-state index contributed by atoms with van der Waals surface area (Å²) in [5, 5.41) is 6.31. The zero-order chi connectivity index (χ0) is 17.4. The Morgan fingerprint density at radius 1 is 1.04 bits per heavy atom. The van der Waals surface area contributed by atoms with Crippen LogP contribution in [-0.2, 0) is 9.84 Å². The van der Waals surface area contributed by atoms with Crippen LogP contribution >= 0.6 is 24.0 Å². The SMILES string of the molecule is CN=C(NCCS(=O)(=O)c1ccccc1)NC(C)c1ccccc1.I. The normalized spacial score (nSPS) is 12.8. The van der Waals surface area contributed by atoms with Crippen LogP contribution in [0, 0.1) is 0 Å². The lowest BCUT2D eigenvalue weighted by atomic mass is 10.1. The van der Waals surface area contributed by atoms with Gasteiger partial charge in [-0.1, -0.05) is 48.5 Å². The van der Waals surface area contributed by atoms with Crippen LogP contribution in [0.15, 0.2) is 70.6 Å². The van der Waals surface area contributed by atoms with Crippen LogP contribution < -0.4 is 10.6 Å². The number of halogens is 1. The van der Waals surface area contributed by atoms with Gasteiger partial charge in [-0.3, -0.25) is 4.99 Å². The Morgan fingerprint density at radius 3 is 2.16 bits per heavy atom. The topological polar surface area (TPSA) is 70.6 Å². The van der Waals surface area contributed by atoms with E-state index in [0.717, 1.165) is 5.56 Å². The second-order valence-corrected chi connectivity index (χ2v) is 7.52. The maximum atomic E-state index is 12.2. The second-order valence-electron chi connectivity index (χ2n) is 5.41. The predicted octanol–water partition coefficient (Wildman–Crippen LogP) is 3.00. The van der Waals surface area contributed by atoms with E-state index in [1.54, 1.807) is 37.4 Å². The summed E-state index contributed by atoms with van der Waals surface area (Å²) in [5.74, 6) is 0.590. The summed E-state index contributed by atoms with van der Waals surface area (Å²) < 4.78 is 24.5.